The Kier molecular flexibility index (Phi) is 4.17. The van der Waals surface area contributed by atoms with Crippen LogP contribution in [0.15, 0.2) is 30.3 Å². The van der Waals surface area contributed by atoms with Crippen LogP contribution in [-0.4, -0.2) is 30.8 Å². The third-order valence-corrected chi connectivity index (χ3v) is 3.40. The molecule has 1 aromatic carbocycles. The summed E-state index contributed by atoms with van der Waals surface area (Å²) in [6, 6.07) is 8.63. The van der Waals surface area contributed by atoms with E-state index in [0.29, 0.717) is 18.4 Å². The van der Waals surface area contributed by atoms with Crippen molar-refractivity contribution in [2.45, 2.75) is 19.8 Å². The molecule has 1 amide bonds. The molecule has 1 aliphatic rings. The van der Waals surface area contributed by atoms with Gasteiger partial charge in [0.2, 0.25) is 0 Å². The van der Waals surface area contributed by atoms with Gasteiger partial charge in [-0.1, -0.05) is 18.2 Å². The summed E-state index contributed by atoms with van der Waals surface area (Å²) in [6.45, 7) is 1.81. The molecule has 0 bridgehead atoms. The number of carbonyl (C=O) groups excluding carboxylic acids is 3. The fourth-order valence-electron chi connectivity index (χ4n) is 2.01. The maximum atomic E-state index is 12.1. The number of benzene rings is 1. The van der Waals surface area contributed by atoms with Gasteiger partial charge in [-0.05, 0) is 31.9 Å². The minimum atomic E-state index is -1.01. The van der Waals surface area contributed by atoms with Gasteiger partial charge in [0.05, 0.1) is 13.2 Å². The zero-order valence-electron chi connectivity index (χ0n) is 11.3. The molecule has 0 aromatic heterocycles. The maximum absolute atomic E-state index is 12.1. The van der Waals surface area contributed by atoms with Gasteiger partial charge in [0.1, 0.15) is 5.41 Å². The number of rotatable bonds is 6. The highest BCUT2D eigenvalue weighted by Crippen LogP contribution is 2.47. The molecule has 1 aliphatic carbocycles. The van der Waals surface area contributed by atoms with E-state index in [-0.39, 0.29) is 24.8 Å². The van der Waals surface area contributed by atoms with Crippen LogP contribution in [0.4, 0.5) is 0 Å². The minimum Gasteiger partial charge on any atom is -0.465 e. The summed E-state index contributed by atoms with van der Waals surface area (Å²) in [5, 5.41) is 2.55. The Morgan fingerprint density at radius 2 is 1.85 bits per heavy atom. The van der Waals surface area contributed by atoms with Crippen molar-refractivity contribution >= 4 is 17.7 Å². The lowest BCUT2D eigenvalue weighted by Gasteiger charge is -2.13. The number of hydrogen-bond donors (Lipinski definition) is 1. The molecule has 0 spiro atoms. The summed E-state index contributed by atoms with van der Waals surface area (Å²) in [6.07, 6.45) is 1.01. The quantitative estimate of drug-likeness (QED) is 0.628. The lowest BCUT2D eigenvalue weighted by Crippen LogP contribution is -2.37. The number of hydrogen-bond acceptors (Lipinski definition) is 4. The fourth-order valence-corrected chi connectivity index (χ4v) is 2.01. The van der Waals surface area contributed by atoms with Gasteiger partial charge in [-0.15, -0.1) is 0 Å². The molecule has 5 heteroatoms. The molecule has 0 unspecified atom stereocenters. The Morgan fingerprint density at radius 3 is 2.40 bits per heavy atom. The highest BCUT2D eigenvalue weighted by Gasteiger charge is 2.57. The lowest BCUT2D eigenvalue weighted by atomic mass is 10.0. The van der Waals surface area contributed by atoms with Crippen molar-refractivity contribution < 1.29 is 19.1 Å². The molecular weight excluding hydrogens is 258 g/mol. The predicted molar refractivity (Wildman–Crippen MR) is 72.1 cm³/mol. The normalized spacial score (nSPS) is 15.2. The van der Waals surface area contributed by atoms with Crippen LogP contribution in [0.3, 0.4) is 0 Å². The molecule has 20 heavy (non-hydrogen) atoms. The fraction of sp³-hybridized carbons (Fsp3) is 0.400. The van der Waals surface area contributed by atoms with E-state index in [1.165, 1.54) is 0 Å². The molecule has 1 aromatic rings. The van der Waals surface area contributed by atoms with Crippen molar-refractivity contribution in [2.24, 2.45) is 5.41 Å². The van der Waals surface area contributed by atoms with Crippen LogP contribution in [0.25, 0.3) is 0 Å². The Bertz CT molecular complexity index is 520. The Hall–Kier alpha value is -2.17. The Morgan fingerprint density at radius 1 is 1.20 bits per heavy atom. The standard InChI is InChI=1S/C15H17NO4/c1-2-20-14(19)15(8-9-15)12(17)10-16-13(18)11-6-4-3-5-7-11/h3-7H,2,8-10H2,1H3,(H,16,18). The Balaban J connectivity index is 1.90. The third kappa shape index (κ3) is 2.87. The molecule has 1 N–H and O–H groups in total. The van der Waals surface area contributed by atoms with E-state index in [1.54, 1.807) is 31.2 Å². The molecular formula is C15H17NO4. The summed E-state index contributed by atoms with van der Waals surface area (Å²) < 4.78 is 4.91. The smallest absolute Gasteiger partial charge is 0.319 e. The van der Waals surface area contributed by atoms with Gasteiger partial charge in [0, 0.05) is 5.56 Å². The molecule has 106 valence electrons. The highest BCUT2D eigenvalue weighted by atomic mass is 16.5. The van der Waals surface area contributed by atoms with Crippen LogP contribution in [0.5, 0.6) is 0 Å². The summed E-state index contributed by atoms with van der Waals surface area (Å²) >= 11 is 0. The van der Waals surface area contributed by atoms with E-state index in [9.17, 15) is 14.4 Å². The van der Waals surface area contributed by atoms with E-state index in [2.05, 4.69) is 5.32 Å². The zero-order chi connectivity index (χ0) is 14.6. The van der Waals surface area contributed by atoms with Gasteiger partial charge >= 0.3 is 5.97 Å². The summed E-state index contributed by atoms with van der Waals surface area (Å²) in [7, 11) is 0. The first kappa shape index (κ1) is 14.2. The second-order valence-corrected chi connectivity index (χ2v) is 4.77. The van der Waals surface area contributed by atoms with Crippen molar-refractivity contribution in [2.75, 3.05) is 13.2 Å². The first-order chi connectivity index (χ1) is 9.60. The summed E-state index contributed by atoms with van der Waals surface area (Å²) in [4.78, 5) is 35.6. The molecule has 0 heterocycles. The molecule has 0 radical (unpaired) electrons. The molecule has 5 nitrogen and oxygen atoms in total. The second kappa shape index (κ2) is 5.86. The van der Waals surface area contributed by atoms with E-state index in [0.717, 1.165) is 0 Å². The largest absolute Gasteiger partial charge is 0.465 e. The average molecular weight is 275 g/mol. The topological polar surface area (TPSA) is 72.5 Å². The van der Waals surface area contributed by atoms with Gasteiger partial charge < -0.3 is 10.1 Å². The lowest BCUT2D eigenvalue weighted by molar-refractivity contribution is -0.153. The van der Waals surface area contributed by atoms with Gasteiger partial charge in [0.25, 0.3) is 5.91 Å². The zero-order valence-corrected chi connectivity index (χ0v) is 11.3. The molecule has 1 fully saturated rings. The van der Waals surface area contributed by atoms with Gasteiger partial charge in [0.15, 0.2) is 5.78 Å². The van der Waals surface area contributed by atoms with E-state index in [1.807, 2.05) is 6.07 Å². The maximum Gasteiger partial charge on any atom is 0.319 e. The minimum absolute atomic E-state index is 0.146. The SMILES string of the molecule is CCOC(=O)C1(C(=O)CNC(=O)c2ccccc2)CC1. The third-order valence-electron chi connectivity index (χ3n) is 3.40. The molecule has 0 aliphatic heterocycles. The van der Waals surface area contributed by atoms with Crippen LogP contribution >= 0.6 is 0 Å². The van der Waals surface area contributed by atoms with E-state index >= 15 is 0 Å². The van der Waals surface area contributed by atoms with Crippen LogP contribution < -0.4 is 5.32 Å². The van der Waals surface area contributed by atoms with Crippen molar-refractivity contribution in [3.05, 3.63) is 35.9 Å². The van der Waals surface area contributed by atoms with Crippen LogP contribution in [0, 0.1) is 5.41 Å². The number of nitrogens with one attached hydrogen (secondary N) is 1. The number of ether oxygens (including phenoxy) is 1. The van der Waals surface area contributed by atoms with Crippen molar-refractivity contribution in [3.8, 4) is 0 Å². The molecule has 0 saturated heterocycles. The van der Waals surface area contributed by atoms with Crippen LogP contribution in [-0.2, 0) is 14.3 Å². The first-order valence-electron chi connectivity index (χ1n) is 6.64. The number of esters is 1. The summed E-state index contributed by atoms with van der Waals surface area (Å²) in [5.41, 5.74) is -0.527. The number of Topliss-reactive ketones (excluding diaryl/α,β-unsaturated/α-hetero) is 1. The number of carbonyl (C=O) groups is 3. The van der Waals surface area contributed by atoms with E-state index < -0.39 is 11.4 Å². The second-order valence-electron chi connectivity index (χ2n) is 4.77. The monoisotopic (exact) mass is 275 g/mol. The average Bonchev–Trinajstić information content (AvgIpc) is 3.27. The van der Waals surface area contributed by atoms with Crippen LogP contribution in [0.2, 0.25) is 0 Å². The summed E-state index contributed by atoms with van der Waals surface area (Å²) in [5.74, 6) is -1.07. The van der Waals surface area contributed by atoms with Crippen molar-refractivity contribution in [1.82, 2.24) is 5.32 Å². The Labute approximate surface area is 117 Å². The van der Waals surface area contributed by atoms with Crippen molar-refractivity contribution in [3.63, 3.8) is 0 Å². The molecule has 1 saturated carbocycles. The van der Waals surface area contributed by atoms with Gasteiger partial charge in [-0.3, -0.25) is 14.4 Å². The van der Waals surface area contributed by atoms with E-state index in [4.69, 9.17) is 4.74 Å². The molecule has 0 atom stereocenters. The highest BCUT2D eigenvalue weighted by molar-refractivity contribution is 6.09. The first-order valence-corrected chi connectivity index (χ1v) is 6.64. The van der Waals surface area contributed by atoms with Gasteiger partial charge in [-0.2, -0.15) is 0 Å². The predicted octanol–water partition coefficient (Wildman–Crippen LogP) is 1.33. The van der Waals surface area contributed by atoms with Crippen molar-refractivity contribution in [1.29, 1.82) is 0 Å². The molecule has 2 rings (SSSR count). The van der Waals surface area contributed by atoms with Crippen LogP contribution in [0.1, 0.15) is 30.1 Å². The van der Waals surface area contributed by atoms with Gasteiger partial charge in [-0.25, -0.2) is 0 Å². The number of ketones is 1. The number of amides is 1.